The maximum atomic E-state index is 14.8. The molecular weight excluding hydrogens is 409 g/mol. The summed E-state index contributed by atoms with van der Waals surface area (Å²) in [6.45, 7) is 6.97. The summed E-state index contributed by atoms with van der Waals surface area (Å²) < 4.78 is 20.7. The van der Waals surface area contributed by atoms with Gasteiger partial charge < -0.3 is 4.74 Å². The fourth-order valence-corrected chi connectivity index (χ4v) is 4.29. The second-order valence-corrected chi connectivity index (χ2v) is 8.36. The predicted molar refractivity (Wildman–Crippen MR) is 138 cm³/mol. The normalized spacial score (nSPS) is 12.5. The third-order valence-corrected chi connectivity index (χ3v) is 6.45. The summed E-state index contributed by atoms with van der Waals surface area (Å²) in [7, 11) is 1.83. The third kappa shape index (κ3) is 6.11. The van der Waals surface area contributed by atoms with Gasteiger partial charge >= 0.3 is 0 Å². The van der Waals surface area contributed by atoms with E-state index in [0.717, 1.165) is 17.7 Å². The number of ether oxygens (including phenoxy) is 1. The Bertz CT molecular complexity index is 1010. The maximum absolute atomic E-state index is 14.8. The van der Waals surface area contributed by atoms with Crippen molar-refractivity contribution in [2.75, 3.05) is 20.2 Å². The van der Waals surface area contributed by atoms with E-state index in [1.54, 1.807) is 4.90 Å². The topological polar surface area (TPSA) is 12.5 Å². The van der Waals surface area contributed by atoms with E-state index in [2.05, 4.69) is 73.7 Å². The van der Waals surface area contributed by atoms with Crippen LogP contribution in [-0.2, 0) is 0 Å². The summed E-state index contributed by atoms with van der Waals surface area (Å²) in [5.41, 5.74) is 6.15. The average molecular weight is 446 g/mol. The second-order valence-electron chi connectivity index (χ2n) is 8.36. The fourth-order valence-electron chi connectivity index (χ4n) is 4.29. The zero-order valence-electron chi connectivity index (χ0n) is 20.4. The number of benzene rings is 3. The lowest BCUT2D eigenvalue weighted by atomic mass is 9.88. The van der Waals surface area contributed by atoms with Crippen LogP contribution in [0.1, 0.15) is 56.7 Å². The van der Waals surface area contributed by atoms with Gasteiger partial charge in [-0.15, -0.1) is 0 Å². The summed E-state index contributed by atoms with van der Waals surface area (Å²) in [6.07, 6.45) is 1.88. The lowest BCUT2D eigenvalue weighted by Crippen LogP contribution is -2.43. The van der Waals surface area contributed by atoms with Crippen LogP contribution in [0.4, 0.5) is 4.39 Å². The highest BCUT2D eigenvalue weighted by Gasteiger charge is 2.29. The molecule has 3 rings (SSSR count). The third-order valence-electron chi connectivity index (χ3n) is 6.45. The van der Waals surface area contributed by atoms with Crippen LogP contribution in [0.25, 0.3) is 11.1 Å². The zero-order chi connectivity index (χ0) is 23.7. The molecule has 0 radical (unpaired) electrons. The molecule has 0 heterocycles. The molecule has 0 unspecified atom stereocenters. The molecule has 0 saturated heterocycles. The van der Waals surface area contributed by atoms with Crippen molar-refractivity contribution < 1.29 is 9.13 Å². The van der Waals surface area contributed by atoms with E-state index < -0.39 is 5.79 Å². The molecule has 33 heavy (non-hydrogen) atoms. The van der Waals surface area contributed by atoms with E-state index in [1.807, 2.05) is 39.1 Å². The van der Waals surface area contributed by atoms with Crippen LogP contribution in [0, 0.1) is 0 Å². The first-order valence-electron chi connectivity index (χ1n) is 12.0. The number of nitrogens with zero attached hydrogens (tertiary/aromatic N) is 1. The Hall–Kier alpha value is -2.91. The Balaban J connectivity index is 1.83. The van der Waals surface area contributed by atoms with Gasteiger partial charge in [-0.3, -0.25) is 4.90 Å². The molecule has 0 aliphatic heterocycles. The van der Waals surface area contributed by atoms with E-state index in [1.165, 1.54) is 22.3 Å². The van der Waals surface area contributed by atoms with Crippen LogP contribution >= 0.6 is 0 Å². The second kappa shape index (κ2) is 11.8. The Morgan fingerprint density at radius 1 is 0.758 bits per heavy atom. The molecule has 0 saturated carbocycles. The summed E-state index contributed by atoms with van der Waals surface area (Å²) in [6, 6.07) is 29.4. The zero-order valence-corrected chi connectivity index (χ0v) is 20.4. The van der Waals surface area contributed by atoms with Crippen molar-refractivity contribution in [2.24, 2.45) is 0 Å². The summed E-state index contributed by atoms with van der Waals surface area (Å²) in [5.74, 6) is -0.467. The van der Waals surface area contributed by atoms with E-state index in [9.17, 15) is 4.39 Å². The van der Waals surface area contributed by atoms with Crippen molar-refractivity contribution in [3.8, 4) is 5.75 Å². The van der Waals surface area contributed by atoms with Crippen molar-refractivity contribution in [3.05, 3.63) is 102 Å². The Kier molecular flexibility index (Phi) is 8.85. The van der Waals surface area contributed by atoms with Gasteiger partial charge in [-0.2, -0.15) is 0 Å². The molecule has 0 aliphatic rings. The number of halogens is 1. The minimum absolute atomic E-state index is 0.452. The molecule has 0 N–H and O–H groups in total. The molecule has 0 amide bonds. The minimum atomic E-state index is -1.27. The molecule has 174 valence electrons. The average Bonchev–Trinajstić information content (AvgIpc) is 2.88. The van der Waals surface area contributed by atoms with E-state index in [4.69, 9.17) is 4.74 Å². The quantitative estimate of drug-likeness (QED) is 0.220. The SMILES string of the molecule is CC/C(=C(\c1ccccc1)c1ccc(OCCN(C)C(F)(CC)CC)cc1)c1ccccc1. The van der Waals surface area contributed by atoms with Crippen molar-refractivity contribution in [2.45, 2.75) is 45.8 Å². The van der Waals surface area contributed by atoms with E-state index in [0.29, 0.717) is 26.0 Å². The van der Waals surface area contributed by atoms with Gasteiger partial charge in [-0.1, -0.05) is 93.6 Å². The molecule has 0 bridgehead atoms. The van der Waals surface area contributed by atoms with E-state index in [-0.39, 0.29) is 0 Å². The van der Waals surface area contributed by atoms with Gasteiger partial charge in [0, 0.05) is 6.54 Å². The van der Waals surface area contributed by atoms with Crippen molar-refractivity contribution in [3.63, 3.8) is 0 Å². The Morgan fingerprint density at radius 2 is 1.27 bits per heavy atom. The number of hydrogen-bond donors (Lipinski definition) is 0. The van der Waals surface area contributed by atoms with Crippen LogP contribution in [0.3, 0.4) is 0 Å². The highest BCUT2D eigenvalue weighted by atomic mass is 19.1. The molecule has 0 fully saturated rings. The van der Waals surface area contributed by atoms with Crippen LogP contribution < -0.4 is 4.74 Å². The summed E-state index contributed by atoms with van der Waals surface area (Å²) in [5, 5.41) is 0. The monoisotopic (exact) mass is 445 g/mol. The van der Waals surface area contributed by atoms with E-state index >= 15 is 0 Å². The fraction of sp³-hybridized carbons (Fsp3) is 0.333. The molecule has 0 atom stereocenters. The highest BCUT2D eigenvalue weighted by Crippen LogP contribution is 2.35. The van der Waals surface area contributed by atoms with Crippen LogP contribution in [-0.4, -0.2) is 30.9 Å². The first kappa shape index (κ1) is 24.7. The minimum Gasteiger partial charge on any atom is -0.492 e. The van der Waals surface area contributed by atoms with Gasteiger partial charge in [-0.25, -0.2) is 4.39 Å². The Labute approximate surface area is 198 Å². The molecular formula is C30H36FNO. The molecule has 2 nitrogen and oxygen atoms in total. The highest BCUT2D eigenvalue weighted by molar-refractivity contribution is 5.98. The first-order chi connectivity index (χ1) is 16.0. The van der Waals surface area contributed by atoms with Crippen molar-refractivity contribution in [1.29, 1.82) is 0 Å². The summed E-state index contributed by atoms with van der Waals surface area (Å²) in [4.78, 5) is 1.75. The van der Waals surface area contributed by atoms with Crippen LogP contribution in [0.2, 0.25) is 0 Å². The molecule has 3 aromatic carbocycles. The van der Waals surface area contributed by atoms with Gasteiger partial charge in [0.05, 0.1) is 0 Å². The van der Waals surface area contributed by atoms with Gasteiger partial charge in [0.2, 0.25) is 0 Å². The predicted octanol–water partition coefficient (Wildman–Crippen LogP) is 7.85. The molecule has 3 heteroatoms. The smallest absolute Gasteiger partial charge is 0.163 e. The van der Waals surface area contributed by atoms with Crippen LogP contribution in [0.5, 0.6) is 5.75 Å². The van der Waals surface area contributed by atoms with Gasteiger partial charge in [-0.05, 0) is 66.3 Å². The maximum Gasteiger partial charge on any atom is 0.163 e. The number of hydrogen-bond acceptors (Lipinski definition) is 2. The largest absolute Gasteiger partial charge is 0.492 e. The Morgan fingerprint density at radius 3 is 1.79 bits per heavy atom. The van der Waals surface area contributed by atoms with Gasteiger partial charge in [0.15, 0.2) is 5.79 Å². The van der Waals surface area contributed by atoms with Crippen molar-refractivity contribution >= 4 is 11.1 Å². The van der Waals surface area contributed by atoms with Gasteiger partial charge in [0.1, 0.15) is 12.4 Å². The lowest BCUT2D eigenvalue weighted by Gasteiger charge is -2.33. The molecule has 0 spiro atoms. The molecule has 0 aliphatic carbocycles. The first-order valence-corrected chi connectivity index (χ1v) is 12.0. The molecule has 3 aromatic rings. The van der Waals surface area contributed by atoms with Gasteiger partial charge in [0.25, 0.3) is 0 Å². The number of allylic oxidation sites excluding steroid dienone is 1. The summed E-state index contributed by atoms with van der Waals surface area (Å²) >= 11 is 0. The van der Waals surface area contributed by atoms with Crippen molar-refractivity contribution in [1.82, 2.24) is 4.90 Å². The lowest BCUT2D eigenvalue weighted by molar-refractivity contribution is -0.0293. The van der Waals surface area contributed by atoms with Crippen LogP contribution in [0.15, 0.2) is 84.9 Å². The number of rotatable bonds is 11. The molecule has 0 aromatic heterocycles. The number of alkyl halides is 1. The number of likely N-dealkylation sites (N-methyl/N-ethyl adjacent to an activating group) is 1. The standard InChI is InChI=1S/C30H36FNO/c1-5-28(24-14-10-8-11-15-24)29(25-16-12-9-13-17-25)26-18-20-27(21-19-26)33-23-22-32(4)30(31,6-2)7-3/h8-21H,5-7,22-23H2,1-4H3/b29-28-.